The number of hydrogen-bond donors (Lipinski definition) is 0. The zero-order chi connectivity index (χ0) is 6.69. The first-order chi connectivity index (χ1) is 4.33. The molecule has 0 fully saturated rings. The van der Waals surface area contributed by atoms with Crippen molar-refractivity contribution >= 4 is 44.5 Å². The van der Waals surface area contributed by atoms with Gasteiger partial charge in [0.1, 0.15) is 0 Å². The number of halogens is 3. The molecule has 0 aliphatic rings. The van der Waals surface area contributed by atoms with Crippen molar-refractivity contribution in [2.45, 2.75) is 5.33 Å². The molecular formula is C7H7Br2Cl. The Hall–Kier alpha value is 0.470. The third-order valence-electron chi connectivity index (χ3n) is 1.04. The molecule has 0 nitrogen and oxygen atoms in total. The van der Waals surface area contributed by atoms with Crippen molar-refractivity contribution in [2.24, 2.45) is 0 Å². The quantitative estimate of drug-likeness (QED) is 0.689. The molecule has 0 aromatic heterocycles. The SMILES string of the molecule is Br.Clc1cccc(CBr)c1. The van der Waals surface area contributed by atoms with E-state index in [1.807, 2.05) is 24.3 Å². The number of hydrogen-bond acceptors (Lipinski definition) is 0. The highest BCUT2D eigenvalue weighted by Crippen LogP contribution is 2.12. The van der Waals surface area contributed by atoms with Crippen molar-refractivity contribution in [1.29, 1.82) is 0 Å². The summed E-state index contributed by atoms with van der Waals surface area (Å²) in [5.74, 6) is 0. The van der Waals surface area contributed by atoms with Gasteiger partial charge in [0.15, 0.2) is 0 Å². The fourth-order valence-corrected chi connectivity index (χ4v) is 1.18. The van der Waals surface area contributed by atoms with Gasteiger partial charge in [-0.1, -0.05) is 39.7 Å². The van der Waals surface area contributed by atoms with Crippen LogP contribution in [0.3, 0.4) is 0 Å². The summed E-state index contributed by atoms with van der Waals surface area (Å²) in [6, 6.07) is 7.78. The van der Waals surface area contributed by atoms with Crippen molar-refractivity contribution in [3.05, 3.63) is 34.9 Å². The maximum atomic E-state index is 5.70. The van der Waals surface area contributed by atoms with Crippen LogP contribution in [0.4, 0.5) is 0 Å². The molecule has 0 aliphatic heterocycles. The number of benzene rings is 1. The fourth-order valence-electron chi connectivity index (χ4n) is 0.620. The lowest BCUT2D eigenvalue weighted by Crippen LogP contribution is -1.73. The molecule has 0 radical (unpaired) electrons. The van der Waals surface area contributed by atoms with Crippen LogP contribution in [0.1, 0.15) is 5.56 Å². The van der Waals surface area contributed by atoms with Gasteiger partial charge in [0, 0.05) is 10.4 Å². The third-order valence-corrected chi connectivity index (χ3v) is 1.93. The Balaban J connectivity index is 0.000000810. The predicted octanol–water partition coefficient (Wildman–Crippen LogP) is 3.81. The molecular weight excluding hydrogens is 279 g/mol. The van der Waals surface area contributed by atoms with Crippen molar-refractivity contribution in [3.8, 4) is 0 Å². The summed E-state index contributed by atoms with van der Waals surface area (Å²) in [6.07, 6.45) is 0. The monoisotopic (exact) mass is 284 g/mol. The van der Waals surface area contributed by atoms with E-state index in [1.165, 1.54) is 5.56 Å². The van der Waals surface area contributed by atoms with Crippen molar-refractivity contribution in [3.63, 3.8) is 0 Å². The summed E-state index contributed by atoms with van der Waals surface area (Å²) in [5.41, 5.74) is 1.21. The van der Waals surface area contributed by atoms with E-state index in [-0.39, 0.29) is 17.0 Å². The fraction of sp³-hybridized carbons (Fsp3) is 0.143. The molecule has 0 spiro atoms. The Morgan fingerprint density at radius 2 is 2.10 bits per heavy atom. The highest BCUT2D eigenvalue weighted by Gasteiger charge is 1.88. The van der Waals surface area contributed by atoms with Crippen LogP contribution >= 0.6 is 44.5 Å². The van der Waals surface area contributed by atoms with E-state index in [2.05, 4.69) is 15.9 Å². The first-order valence-electron chi connectivity index (χ1n) is 2.63. The van der Waals surface area contributed by atoms with Crippen LogP contribution in [0.15, 0.2) is 24.3 Å². The summed E-state index contributed by atoms with van der Waals surface area (Å²) in [4.78, 5) is 0. The van der Waals surface area contributed by atoms with Gasteiger partial charge in [-0.2, -0.15) is 0 Å². The minimum atomic E-state index is 0. The smallest absolute Gasteiger partial charge is 0.0409 e. The lowest BCUT2D eigenvalue weighted by atomic mass is 10.2. The van der Waals surface area contributed by atoms with Gasteiger partial charge >= 0.3 is 0 Å². The Morgan fingerprint density at radius 3 is 2.50 bits per heavy atom. The summed E-state index contributed by atoms with van der Waals surface area (Å²) in [5, 5.41) is 1.67. The molecule has 56 valence electrons. The highest BCUT2D eigenvalue weighted by atomic mass is 79.9. The zero-order valence-electron chi connectivity index (χ0n) is 5.18. The van der Waals surface area contributed by atoms with Gasteiger partial charge in [-0.15, -0.1) is 17.0 Å². The molecule has 10 heavy (non-hydrogen) atoms. The first kappa shape index (κ1) is 10.5. The van der Waals surface area contributed by atoms with Gasteiger partial charge in [-0.3, -0.25) is 0 Å². The predicted molar refractivity (Wildman–Crippen MR) is 54.4 cm³/mol. The van der Waals surface area contributed by atoms with E-state index in [0.717, 1.165) is 10.4 Å². The van der Waals surface area contributed by atoms with Gasteiger partial charge in [0.05, 0.1) is 0 Å². The lowest BCUT2D eigenvalue weighted by Gasteiger charge is -1.92. The normalized spacial score (nSPS) is 8.60. The van der Waals surface area contributed by atoms with Gasteiger partial charge in [0.25, 0.3) is 0 Å². The van der Waals surface area contributed by atoms with Crippen LogP contribution in [0.2, 0.25) is 5.02 Å². The second-order valence-electron chi connectivity index (χ2n) is 1.76. The molecule has 0 saturated carbocycles. The van der Waals surface area contributed by atoms with Crippen molar-refractivity contribution < 1.29 is 0 Å². The van der Waals surface area contributed by atoms with Crippen LogP contribution in [0, 0.1) is 0 Å². The van der Waals surface area contributed by atoms with E-state index < -0.39 is 0 Å². The van der Waals surface area contributed by atoms with Crippen LogP contribution < -0.4 is 0 Å². The molecule has 0 aliphatic carbocycles. The Labute approximate surface area is 84.5 Å². The molecule has 0 saturated heterocycles. The highest BCUT2D eigenvalue weighted by molar-refractivity contribution is 9.08. The molecule has 0 atom stereocenters. The maximum absolute atomic E-state index is 5.70. The van der Waals surface area contributed by atoms with Gasteiger partial charge < -0.3 is 0 Å². The van der Waals surface area contributed by atoms with Crippen molar-refractivity contribution in [1.82, 2.24) is 0 Å². The topological polar surface area (TPSA) is 0 Å². The molecule has 1 aromatic rings. The third kappa shape index (κ3) is 3.04. The van der Waals surface area contributed by atoms with E-state index in [0.29, 0.717) is 0 Å². The summed E-state index contributed by atoms with van der Waals surface area (Å²) >= 11 is 9.04. The van der Waals surface area contributed by atoms with Crippen LogP contribution in [-0.2, 0) is 5.33 Å². The van der Waals surface area contributed by atoms with E-state index >= 15 is 0 Å². The van der Waals surface area contributed by atoms with Crippen LogP contribution in [0.5, 0.6) is 0 Å². The minimum absolute atomic E-state index is 0. The average Bonchev–Trinajstić information content (AvgIpc) is 1.88. The van der Waals surface area contributed by atoms with Gasteiger partial charge in [-0.05, 0) is 17.7 Å². The summed E-state index contributed by atoms with van der Waals surface area (Å²) in [7, 11) is 0. The molecule has 0 unspecified atom stereocenters. The Bertz CT molecular complexity index is 201. The van der Waals surface area contributed by atoms with E-state index in [9.17, 15) is 0 Å². The molecule has 0 amide bonds. The largest absolute Gasteiger partial charge is 0.114 e. The van der Waals surface area contributed by atoms with Gasteiger partial charge in [-0.25, -0.2) is 0 Å². The molecule has 0 N–H and O–H groups in total. The Kier molecular flexibility index (Phi) is 5.41. The summed E-state index contributed by atoms with van der Waals surface area (Å²) in [6.45, 7) is 0. The van der Waals surface area contributed by atoms with E-state index in [1.54, 1.807) is 0 Å². The lowest BCUT2D eigenvalue weighted by molar-refractivity contribution is 1.44. The number of rotatable bonds is 1. The Morgan fingerprint density at radius 1 is 1.40 bits per heavy atom. The maximum Gasteiger partial charge on any atom is 0.0409 e. The first-order valence-corrected chi connectivity index (χ1v) is 4.13. The average molecular weight is 286 g/mol. The molecule has 3 heteroatoms. The molecule has 0 bridgehead atoms. The van der Waals surface area contributed by atoms with Gasteiger partial charge in [0.2, 0.25) is 0 Å². The second kappa shape index (κ2) is 5.16. The molecule has 1 rings (SSSR count). The van der Waals surface area contributed by atoms with Crippen LogP contribution in [0.25, 0.3) is 0 Å². The minimum Gasteiger partial charge on any atom is -0.114 e. The second-order valence-corrected chi connectivity index (χ2v) is 2.76. The standard InChI is InChI=1S/C7H6BrCl.BrH/c8-5-6-2-1-3-7(9)4-6;/h1-4H,5H2;1H. The summed E-state index contributed by atoms with van der Waals surface area (Å²) < 4.78 is 0. The van der Waals surface area contributed by atoms with E-state index in [4.69, 9.17) is 11.6 Å². The zero-order valence-corrected chi connectivity index (χ0v) is 9.24. The number of alkyl halides is 1. The molecule has 1 aromatic carbocycles. The molecule has 0 heterocycles. The van der Waals surface area contributed by atoms with Crippen molar-refractivity contribution in [2.75, 3.05) is 0 Å². The van der Waals surface area contributed by atoms with Crippen LogP contribution in [-0.4, -0.2) is 0 Å².